The second-order valence-electron chi connectivity index (χ2n) is 4.81. The highest BCUT2D eigenvalue weighted by molar-refractivity contribution is 9.09. The highest BCUT2D eigenvalue weighted by Gasteiger charge is 2.33. The van der Waals surface area contributed by atoms with E-state index in [-0.39, 0.29) is 0 Å². The third kappa shape index (κ3) is 3.15. The molecule has 0 aliphatic heterocycles. The Morgan fingerprint density at radius 1 is 1.24 bits per heavy atom. The highest BCUT2D eigenvalue weighted by Crippen LogP contribution is 2.40. The monoisotopic (exact) mass is 298 g/mol. The molecule has 0 amide bonds. The van der Waals surface area contributed by atoms with Crippen LogP contribution < -0.4 is 9.47 Å². The summed E-state index contributed by atoms with van der Waals surface area (Å²) in [5.41, 5.74) is 0.336. The number of hydrogen-bond acceptors (Lipinski definition) is 2. The van der Waals surface area contributed by atoms with E-state index < -0.39 is 0 Å². The first-order valence-corrected chi connectivity index (χ1v) is 7.23. The summed E-state index contributed by atoms with van der Waals surface area (Å²) in [7, 11) is 1.68. The van der Waals surface area contributed by atoms with E-state index >= 15 is 0 Å². The Balaban J connectivity index is 1.96. The summed E-state index contributed by atoms with van der Waals surface area (Å²) in [6.07, 6.45) is 5.19. The van der Waals surface area contributed by atoms with Gasteiger partial charge < -0.3 is 9.47 Å². The standard InChI is InChI=1S/C14H19BrO2/c1-16-12-5-4-6-13(9-12)17-11-14(10-15)7-2-3-8-14/h4-6,9H,2-3,7-8,10-11H2,1H3. The molecule has 1 saturated carbocycles. The van der Waals surface area contributed by atoms with Crippen molar-refractivity contribution in [3.05, 3.63) is 24.3 Å². The van der Waals surface area contributed by atoms with Gasteiger partial charge in [-0.15, -0.1) is 0 Å². The van der Waals surface area contributed by atoms with E-state index in [1.165, 1.54) is 25.7 Å². The largest absolute Gasteiger partial charge is 0.497 e. The maximum Gasteiger partial charge on any atom is 0.123 e. The van der Waals surface area contributed by atoms with E-state index in [1.807, 2.05) is 24.3 Å². The quantitative estimate of drug-likeness (QED) is 0.764. The maximum atomic E-state index is 5.92. The van der Waals surface area contributed by atoms with Crippen LogP contribution in [0, 0.1) is 5.41 Å². The molecule has 0 N–H and O–H groups in total. The van der Waals surface area contributed by atoms with Gasteiger partial charge in [-0.05, 0) is 25.0 Å². The molecular formula is C14H19BrO2. The lowest BCUT2D eigenvalue weighted by atomic mass is 9.90. The van der Waals surface area contributed by atoms with Gasteiger partial charge in [0.15, 0.2) is 0 Å². The summed E-state index contributed by atoms with van der Waals surface area (Å²) in [5, 5.41) is 1.03. The van der Waals surface area contributed by atoms with Gasteiger partial charge in [0.25, 0.3) is 0 Å². The summed E-state index contributed by atoms with van der Waals surface area (Å²) in [6.45, 7) is 0.797. The van der Waals surface area contributed by atoms with Crippen molar-refractivity contribution in [3.8, 4) is 11.5 Å². The van der Waals surface area contributed by atoms with Gasteiger partial charge in [-0.3, -0.25) is 0 Å². The first-order valence-electron chi connectivity index (χ1n) is 6.11. The van der Waals surface area contributed by atoms with Crippen molar-refractivity contribution in [2.75, 3.05) is 19.0 Å². The second kappa shape index (κ2) is 5.76. The highest BCUT2D eigenvalue weighted by atomic mass is 79.9. The van der Waals surface area contributed by atoms with Crippen molar-refractivity contribution in [1.82, 2.24) is 0 Å². The molecule has 0 spiro atoms. The summed E-state index contributed by atoms with van der Waals surface area (Å²) in [5.74, 6) is 1.75. The predicted molar refractivity (Wildman–Crippen MR) is 73.2 cm³/mol. The number of alkyl halides is 1. The fourth-order valence-electron chi connectivity index (χ4n) is 2.37. The van der Waals surface area contributed by atoms with Crippen LogP contribution >= 0.6 is 15.9 Å². The number of hydrogen-bond donors (Lipinski definition) is 0. The molecule has 94 valence electrons. The topological polar surface area (TPSA) is 18.5 Å². The van der Waals surface area contributed by atoms with Gasteiger partial charge in [0.05, 0.1) is 13.7 Å². The molecule has 2 rings (SSSR count). The normalized spacial score (nSPS) is 18.0. The Hall–Kier alpha value is -0.700. The third-order valence-electron chi connectivity index (χ3n) is 3.53. The molecule has 17 heavy (non-hydrogen) atoms. The van der Waals surface area contributed by atoms with Crippen molar-refractivity contribution < 1.29 is 9.47 Å². The number of halogens is 1. The van der Waals surface area contributed by atoms with Crippen LogP contribution in [-0.4, -0.2) is 19.0 Å². The number of benzene rings is 1. The van der Waals surface area contributed by atoms with Gasteiger partial charge in [-0.2, -0.15) is 0 Å². The smallest absolute Gasteiger partial charge is 0.123 e. The average molecular weight is 299 g/mol. The van der Waals surface area contributed by atoms with E-state index in [9.17, 15) is 0 Å². The van der Waals surface area contributed by atoms with Crippen LogP contribution in [-0.2, 0) is 0 Å². The Bertz CT molecular complexity index is 359. The fourth-order valence-corrected chi connectivity index (χ4v) is 3.09. The molecule has 1 aromatic rings. The van der Waals surface area contributed by atoms with Gasteiger partial charge >= 0.3 is 0 Å². The van der Waals surface area contributed by atoms with E-state index in [2.05, 4.69) is 15.9 Å². The Kier molecular flexibility index (Phi) is 4.32. The first-order chi connectivity index (χ1) is 8.28. The Morgan fingerprint density at radius 3 is 2.59 bits per heavy atom. The minimum atomic E-state index is 0.336. The molecule has 0 atom stereocenters. The molecule has 1 aliphatic rings. The molecule has 0 heterocycles. The van der Waals surface area contributed by atoms with Crippen LogP contribution in [0.5, 0.6) is 11.5 Å². The van der Waals surface area contributed by atoms with E-state index in [0.717, 1.165) is 23.4 Å². The van der Waals surface area contributed by atoms with Gasteiger partial charge in [-0.25, -0.2) is 0 Å². The van der Waals surface area contributed by atoms with Crippen LogP contribution in [0.25, 0.3) is 0 Å². The van der Waals surface area contributed by atoms with Crippen LogP contribution in [0.1, 0.15) is 25.7 Å². The van der Waals surface area contributed by atoms with Crippen molar-refractivity contribution >= 4 is 15.9 Å². The minimum absolute atomic E-state index is 0.336. The first kappa shape index (κ1) is 12.7. The number of ether oxygens (including phenoxy) is 2. The molecule has 0 unspecified atom stereocenters. The molecular weight excluding hydrogens is 280 g/mol. The van der Waals surface area contributed by atoms with Crippen molar-refractivity contribution in [2.24, 2.45) is 5.41 Å². The molecule has 1 fully saturated rings. The summed E-state index contributed by atoms with van der Waals surface area (Å²) < 4.78 is 11.1. The van der Waals surface area contributed by atoms with Crippen LogP contribution in [0.2, 0.25) is 0 Å². The molecule has 2 nitrogen and oxygen atoms in total. The average Bonchev–Trinajstić information content (AvgIpc) is 2.86. The molecule has 0 saturated heterocycles. The lowest BCUT2D eigenvalue weighted by molar-refractivity contribution is 0.173. The molecule has 0 bridgehead atoms. The Labute approximate surface area is 111 Å². The fraction of sp³-hybridized carbons (Fsp3) is 0.571. The lowest BCUT2D eigenvalue weighted by Gasteiger charge is -2.26. The summed E-state index contributed by atoms with van der Waals surface area (Å²) >= 11 is 3.63. The van der Waals surface area contributed by atoms with Crippen molar-refractivity contribution in [2.45, 2.75) is 25.7 Å². The zero-order valence-corrected chi connectivity index (χ0v) is 11.8. The maximum absolute atomic E-state index is 5.92. The van der Waals surface area contributed by atoms with Crippen molar-refractivity contribution in [3.63, 3.8) is 0 Å². The van der Waals surface area contributed by atoms with Crippen LogP contribution in [0.4, 0.5) is 0 Å². The molecule has 0 radical (unpaired) electrons. The van der Waals surface area contributed by atoms with Gasteiger partial charge in [-0.1, -0.05) is 34.8 Å². The lowest BCUT2D eigenvalue weighted by Crippen LogP contribution is -2.26. The van der Waals surface area contributed by atoms with Crippen LogP contribution in [0.3, 0.4) is 0 Å². The van der Waals surface area contributed by atoms with E-state index in [4.69, 9.17) is 9.47 Å². The van der Waals surface area contributed by atoms with Gasteiger partial charge in [0, 0.05) is 16.8 Å². The van der Waals surface area contributed by atoms with Gasteiger partial charge in [0.2, 0.25) is 0 Å². The summed E-state index contributed by atoms with van der Waals surface area (Å²) in [6, 6.07) is 7.82. The van der Waals surface area contributed by atoms with Crippen molar-refractivity contribution in [1.29, 1.82) is 0 Å². The van der Waals surface area contributed by atoms with Crippen LogP contribution in [0.15, 0.2) is 24.3 Å². The molecule has 3 heteroatoms. The molecule has 1 aliphatic carbocycles. The predicted octanol–water partition coefficient (Wildman–Crippen LogP) is 4.03. The molecule has 1 aromatic carbocycles. The SMILES string of the molecule is COc1cccc(OCC2(CBr)CCCC2)c1. The number of rotatable bonds is 5. The summed E-state index contributed by atoms with van der Waals surface area (Å²) in [4.78, 5) is 0. The second-order valence-corrected chi connectivity index (χ2v) is 5.37. The zero-order valence-electron chi connectivity index (χ0n) is 10.2. The van der Waals surface area contributed by atoms with E-state index in [1.54, 1.807) is 7.11 Å². The number of methoxy groups -OCH3 is 1. The minimum Gasteiger partial charge on any atom is -0.497 e. The third-order valence-corrected chi connectivity index (χ3v) is 4.72. The van der Waals surface area contributed by atoms with E-state index in [0.29, 0.717) is 5.41 Å². The van der Waals surface area contributed by atoms with Gasteiger partial charge in [0.1, 0.15) is 11.5 Å². The molecule has 0 aromatic heterocycles. The Morgan fingerprint density at radius 2 is 1.94 bits per heavy atom. The zero-order chi connectivity index (χ0) is 12.1.